The molecule has 0 aromatic carbocycles. The maximum absolute atomic E-state index is 11.6. The Labute approximate surface area is 120 Å². The lowest BCUT2D eigenvalue weighted by Crippen LogP contribution is -2.08. The first kappa shape index (κ1) is 12.9. The molecule has 3 rings (SSSR count). The SMILES string of the molecule is CCOC(=O)Cc1ncn2ccc(-c3cccs3)cc12. The van der Waals surface area contributed by atoms with Crippen molar-refractivity contribution in [2.75, 3.05) is 6.61 Å². The van der Waals surface area contributed by atoms with Gasteiger partial charge in [-0.05, 0) is 36.1 Å². The molecule has 20 heavy (non-hydrogen) atoms. The smallest absolute Gasteiger partial charge is 0.311 e. The van der Waals surface area contributed by atoms with Crippen LogP contribution in [0.1, 0.15) is 12.6 Å². The number of pyridine rings is 1. The Morgan fingerprint density at radius 2 is 2.35 bits per heavy atom. The van der Waals surface area contributed by atoms with Gasteiger partial charge < -0.3 is 9.14 Å². The molecule has 0 saturated heterocycles. The van der Waals surface area contributed by atoms with Crippen molar-refractivity contribution in [1.29, 1.82) is 0 Å². The highest BCUT2D eigenvalue weighted by molar-refractivity contribution is 7.13. The Morgan fingerprint density at radius 3 is 3.10 bits per heavy atom. The van der Waals surface area contributed by atoms with Gasteiger partial charge in [0.05, 0.1) is 30.6 Å². The number of nitrogens with zero attached hydrogens (tertiary/aromatic N) is 2. The fourth-order valence-corrected chi connectivity index (χ4v) is 2.85. The molecule has 3 aromatic heterocycles. The van der Waals surface area contributed by atoms with E-state index < -0.39 is 0 Å². The van der Waals surface area contributed by atoms with Crippen molar-refractivity contribution in [2.24, 2.45) is 0 Å². The molecule has 0 spiro atoms. The molecule has 102 valence electrons. The standard InChI is InChI=1S/C15H14N2O2S/c1-2-19-15(18)9-12-13-8-11(14-4-3-7-20-14)5-6-17(13)10-16-12/h3-8,10H,2,9H2,1H3. The van der Waals surface area contributed by atoms with Gasteiger partial charge in [0.15, 0.2) is 0 Å². The lowest BCUT2D eigenvalue weighted by atomic mass is 10.2. The van der Waals surface area contributed by atoms with Crippen LogP contribution in [0.5, 0.6) is 0 Å². The normalized spacial score (nSPS) is 10.8. The van der Waals surface area contributed by atoms with Gasteiger partial charge in [0.1, 0.15) is 0 Å². The molecule has 0 fully saturated rings. The summed E-state index contributed by atoms with van der Waals surface area (Å²) in [6.45, 7) is 2.20. The van der Waals surface area contributed by atoms with Gasteiger partial charge in [-0.3, -0.25) is 4.79 Å². The zero-order chi connectivity index (χ0) is 13.9. The molecule has 0 aliphatic carbocycles. The van der Waals surface area contributed by atoms with E-state index in [2.05, 4.69) is 28.6 Å². The molecule has 0 amide bonds. The lowest BCUT2D eigenvalue weighted by molar-refractivity contribution is -0.142. The number of imidazole rings is 1. The van der Waals surface area contributed by atoms with E-state index in [1.165, 1.54) is 4.88 Å². The van der Waals surface area contributed by atoms with Crippen LogP contribution in [0.25, 0.3) is 16.0 Å². The fourth-order valence-electron chi connectivity index (χ4n) is 2.12. The number of esters is 1. The Hall–Kier alpha value is -2.14. The molecule has 0 N–H and O–H groups in total. The van der Waals surface area contributed by atoms with Crippen molar-refractivity contribution in [3.63, 3.8) is 0 Å². The molecule has 0 atom stereocenters. The van der Waals surface area contributed by atoms with Gasteiger partial charge in [-0.2, -0.15) is 0 Å². The van der Waals surface area contributed by atoms with Crippen molar-refractivity contribution in [3.8, 4) is 10.4 Å². The summed E-state index contributed by atoms with van der Waals surface area (Å²) in [4.78, 5) is 17.1. The van der Waals surface area contributed by atoms with Crippen LogP contribution < -0.4 is 0 Å². The van der Waals surface area contributed by atoms with Crippen molar-refractivity contribution in [2.45, 2.75) is 13.3 Å². The highest BCUT2D eigenvalue weighted by Crippen LogP contribution is 2.26. The second kappa shape index (κ2) is 5.46. The van der Waals surface area contributed by atoms with Crippen molar-refractivity contribution >= 4 is 22.8 Å². The molecule has 0 unspecified atom stereocenters. The van der Waals surface area contributed by atoms with Crippen LogP contribution in [0.15, 0.2) is 42.2 Å². The second-order valence-electron chi connectivity index (χ2n) is 4.36. The van der Waals surface area contributed by atoms with Gasteiger partial charge in [0.25, 0.3) is 0 Å². The number of hydrogen-bond donors (Lipinski definition) is 0. The fraction of sp³-hybridized carbons (Fsp3) is 0.200. The summed E-state index contributed by atoms with van der Waals surface area (Å²) >= 11 is 1.69. The monoisotopic (exact) mass is 286 g/mol. The quantitative estimate of drug-likeness (QED) is 0.692. The van der Waals surface area contributed by atoms with Crippen molar-refractivity contribution < 1.29 is 9.53 Å². The van der Waals surface area contributed by atoms with Crippen LogP contribution >= 0.6 is 11.3 Å². The van der Waals surface area contributed by atoms with Crippen molar-refractivity contribution in [1.82, 2.24) is 9.38 Å². The van der Waals surface area contributed by atoms with E-state index in [0.29, 0.717) is 6.61 Å². The molecule has 5 heteroatoms. The van der Waals surface area contributed by atoms with Crippen LogP contribution in [-0.2, 0) is 16.0 Å². The van der Waals surface area contributed by atoms with E-state index >= 15 is 0 Å². The molecular formula is C15H14N2O2S. The molecule has 3 aromatic rings. The number of ether oxygens (including phenoxy) is 1. The molecule has 0 aliphatic rings. The molecule has 0 saturated carbocycles. The van der Waals surface area contributed by atoms with Crippen LogP contribution in [0, 0.1) is 0 Å². The molecule has 0 bridgehead atoms. The zero-order valence-electron chi connectivity index (χ0n) is 11.1. The van der Waals surface area contributed by atoms with E-state index in [9.17, 15) is 4.79 Å². The summed E-state index contributed by atoms with van der Waals surface area (Å²) in [5, 5.41) is 2.05. The van der Waals surface area contributed by atoms with E-state index in [1.54, 1.807) is 24.6 Å². The number of fused-ring (bicyclic) bond motifs is 1. The highest BCUT2D eigenvalue weighted by Gasteiger charge is 2.11. The molecular weight excluding hydrogens is 272 g/mol. The predicted octanol–water partition coefficient (Wildman–Crippen LogP) is 3.17. The van der Waals surface area contributed by atoms with Gasteiger partial charge in [0.2, 0.25) is 0 Å². The summed E-state index contributed by atoms with van der Waals surface area (Å²) in [6, 6.07) is 8.22. The number of thiophene rings is 1. The second-order valence-corrected chi connectivity index (χ2v) is 5.31. The summed E-state index contributed by atoms with van der Waals surface area (Å²) < 4.78 is 6.90. The minimum atomic E-state index is -0.241. The third-order valence-corrected chi connectivity index (χ3v) is 3.96. The lowest BCUT2D eigenvalue weighted by Gasteiger charge is -2.02. The first-order valence-corrected chi connectivity index (χ1v) is 7.31. The van der Waals surface area contributed by atoms with Gasteiger partial charge in [-0.1, -0.05) is 6.07 Å². The Kier molecular flexibility index (Phi) is 3.52. The first-order chi connectivity index (χ1) is 9.78. The number of carbonyl (C=O) groups is 1. The van der Waals surface area contributed by atoms with E-state index in [-0.39, 0.29) is 12.4 Å². The van der Waals surface area contributed by atoms with E-state index in [4.69, 9.17) is 4.74 Å². The van der Waals surface area contributed by atoms with Gasteiger partial charge in [-0.15, -0.1) is 11.3 Å². The average molecular weight is 286 g/mol. The topological polar surface area (TPSA) is 43.6 Å². The van der Waals surface area contributed by atoms with Gasteiger partial charge in [0, 0.05) is 11.1 Å². The molecule has 3 heterocycles. The number of hydrogen-bond acceptors (Lipinski definition) is 4. The average Bonchev–Trinajstić information content (AvgIpc) is 3.08. The minimum absolute atomic E-state index is 0.207. The van der Waals surface area contributed by atoms with Crippen LogP contribution in [-0.4, -0.2) is 22.0 Å². The third kappa shape index (κ3) is 2.44. The highest BCUT2D eigenvalue weighted by atomic mass is 32.1. The number of carbonyl (C=O) groups excluding carboxylic acids is 1. The third-order valence-electron chi connectivity index (χ3n) is 3.04. The summed E-state index contributed by atoms with van der Waals surface area (Å²) in [6.07, 6.45) is 3.90. The predicted molar refractivity (Wildman–Crippen MR) is 78.8 cm³/mol. The van der Waals surface area contributed by atoms with Gasteiger partial charge in [-0.25, -0.2) is 4.98 Å². The minimum Gasteiger partial charge on any atom is -0.466 e. The first-order valence-electron chi connectivity index (χ1n) is 6.43. The van der Waals surface area contributed by atoms with Crippen LogP contribution in [0.3, 0.4) is 0 Å². The summed E-state index contributed by atoms with van der Waals surface area (Å²) in [5.41, 5.74) is 2.84. The van der Waals surface area contributed by atoms with Crippen LogP contribution in [0.4, 0.5) is 0 Å². The summed E-state index contributed by atoms with van der Waals surface area (Å²) in [7, 11) is 0. The molecule has 0 radical (unpaired) electrons. The van der Waals surface area contributed by atoms with Crippen LogP contribution in [0.2, 0.25) is 0 Å². The van der Waals surface area contributed by atoms with E-state index in [0.717, 1.165) is 16.8 Å². The Morgan fingerprint density at radius 1 is 1.45 bits per heavy atom. The van der Waals surface area contributed by atoms with Crippen molar-refractivity contribution in [3.05, 3.63) is 47.9 Å². The number of rotatable bonds is 4. The number of aromatic nitrogens is 2. The van der Waals surface area contributed by atoms with E-state index in [1.807, 2.05) is 16.7 Å². The zero-order valence-corrected chi connectivity index (χ0v) is 11.9. The summed E-state index contributed by atoms with van der Waals surface area (Å²) in [5.74, 6) is -0.241. The maximum Gasteiger partial charge on any atom is 0.311 e. The maximum atomic E-state index is 11.6. The largest absolute Gasteiger partial charge is 0.466 e. The Bertz CT molecular complexity index is 732. The Balaban J connectivity index is 1.97. The van der Waals surface area contributed by atoms with Gasteiger partial charge >= 0.3 is 5.97 Å². The molecule has 0 aliphatic heterocycles. The molecule has 4 nitrogen and oxygen atoms in total.